The van der Waals surface area contributed by atoms with Crippen molar-refractivity contribution >= 4 is 18.0 Å². The van der Waals surface area contributed by atoms with Crippen molar-refractivity contribution in [1.29, 1.82) is 0 Å². The van der Waals surface area contributed by atoms with Gasteiger partial charge in [0.05, 0.1) is 0 Å². The molecule has 0 aromatic rings. The fourth-order valence-corrected chi connectivity index (χ4v) is 4.72. The minimum Gasteiger partial charge on any atom is -0.354 e. The van der Waals surface area contributed by atoms with E-state index in [4.69, 9.17) is 11.6 Å². The number of nitrogens with zero attached hydrogens (tertiary/aromatic N) is 1. The number of hydrogen-bond acceptors (Lipinski definition) is 2. The molecule has 132 valence electrons. The second-order valence-corrected chi connectivity index (χ2v) is 8.92. The third kappa shape index (κ3) is 4.96. The Balaban J connectivity index is 1.95. The van der Waals surface area contributed by atoms with Crippen molar-refractivity contribution in [2.45, 2.75) is 59.4 Å². The second kappa shape index (κ2) is 8.02. The predicted molar refractivity (Wildman–Crippen MR) is 97.4 cm³/mol. The molecule has 3 atom stereocenters. The molecule has 0 aromatic heterocycles. The molecule has 3 nitrogen and oxygen atoms in total. The van der Waals surface area contributed by atoms with E-state index in [1.54, 1.807) is 0 Å². The number of halogens is 1. The number of likely N-dealkylation sites (tertiary alicyclic amines) is 1. The molecule has 2 unspecified atom stereocenters. The van der Waals surface area contributed by atoms with Gasteiger partial charge in [-0.2, -0.15) is 0 Å². The molecule has 0 bridgehead atoms. The van der Waals surface area contributed by atoms with Gasteiger partial charge in [0, 0.05) is 24.2 Å². The molecule has 1 fully saturated rings. The van der Waals surface area contributed by atoms with Crippen molar-refractivity contribution in [3.63, 3.8) is 0 Å². The predicted octanol–water partition coefficient (Wildman–Crippen LogP) is 4.03. The third-order valence-electron chi connectivity index (χ3n) is 5.90. The lowest BCUT2D eigenvalue weighted by atomic mass is 9.65. The Morgan fingerprint density at radius 1 is 1.43 bits per heavy atom. The average Bonchev–Trinajstić information content (AvgIpc) is 2.47. The van der Waals surface area contributed by atoms with E-state index >= 15 is 0 Å². The summed E-state index contributed by atoms with van der Waals surface area (Å²) in [4.78, 5) is 13.4. The molecule has 4 heteroatoms. The molecule has 23 heavy (non-hydrogen) atoms. The van der Waals surface area contributed by atoms with Crippen LogP contribution in [0.15, 0.2) is 11.1 Å². The Labute approximate surface area is 146 Å². The number of allylic oxidation sites excluding steroid dienone is 2. The van der Waals surface area contributed by atoms with Gasteiger partial charge in [0.25, 0.3) is 0 Å². The third-order valence-corrected chi connectivity index (χ3v) is 6.24. The van der Waals surface area contributed by atoms with Gasteiger partial charge < -0.3 is 10.2 Å². The number of piperidine rings is 1. The molecule has 1 saturated heterocycles. The Bertz CT molecular complexity index is 433. The summed E-state index contributed by atoms with van der Waals surface area (Å²) in [6.07, 6.45) is 7.79. The van der Waals surface area contributed by atoms with Crippen molar-refractivity contribution in [2.75, 3.05) is 19.6 Å². The SMILES string of the molecule is CC(C)[C@H](CN1CCC(C2CC=C(Cl)CC2)C(C)(C)C1)NC=O. The largest absolute Gasteiger partial charge is 0.354 e. The highest BCUT2D eigenvalue weighted by Gasteiger charge is 2.40. The summed E-state index contributed by atoms with van der Waals surface area (Å²) < 4.78 is 0. The zero-order chi connectivity index (χ0) is 17.0. The van der Waals surface area contributed by atoms with Crippen molar-refractivity contribution in [3.05, 3.63) is 11.1 Å². The van der Waals surface area contributed by atoms with Crippen LogP contribution in [0.3, 0.4) is 0 Å². The fourth-order valence-electron chi connectivity index (χ4n) is 4.52. The zero-order valence-electron chi connectivity index (χ0n) is 15.1. The summed E-state index contributed by atoms with van der Waals surface area (Å²) in [6.45, 7) is 12.4. The Morgan fingerprint density at radius 2 is 2.17 bits per heavy atom. The maximum absolute atomic E-state index is 10.8. The van der Waals surface area contributed by atoms with Crippen molar-refractivity contribution in [1.82, 2.24) is 10.2 Å². The molecule has 1 heterocycles. The minimum absolute atomic E-state index is 0.247. The zero-order valence-corrected chi connectivity index (χ0v) is 15.9. The summed E-state index contributed by atoms with van der Waals surface area (Å²) in [5, 5.41) is 4.04. The molecule has 0 saturated carbocycles. The van der Waals surface area contributed by atoms with E-state index in [1.807, 2.05) is 0 Å². The number of amides is 1. The number of hydrogen-bond donors (Lipinski definition) is 1. The van der Waals surface area contributed by atoms with Gasteiger partial charge in [-0.3, -0.25) is 4.79 Å². The van der Waals surface area contributed by atoms with Crippen LogP contribution in [0.4, 0.5) is 0 Å². The van der Waals surface area contributed by atoms with Crippen LogP contribution in [0.2, 0.25) is 0 Å². The van der Waals surface area contributed by atoms with Crippen LogP contribution in [-0.2, 0) is 4.79 Å². The minimum atomic E-state index is 0.247. The normalized spacial score (nSPS) is 29.9. The van der Waals surface area contributed by atoms with Crippen LogP contribution in [0.5, 0.6) is 0 Å². The first-order valence-corrected chi connectivity index (χ1v) is 9.48. The van der Waals surface area contributed by atoms with Gasteiger partial charge in [-0.25, -0.2) is 0 Å². The van der Waals surface area contributed by atoms with Crippen molar-refractivity contribution in [2.24, 2.45) is 23.2 Å². The van der Waals surface area contributed by atoms with Gasteiger partial charge in [-0.15, -0.1) is 0 Å². The molecule has 1 aliphatic carbocycles. The average molecular weight is 341 g/mol. The van der Waals surface area contributed by atoms with Gasteiger partial charge in [-0.1, -0.05) is 45.4 Å². The Hall–Kier alpha value is -0.540. The first-order valence-electron chi connectivity index (χ1n) is 9.10. The van der Waals surface area contributed by atoms with Gasteiger partial charge in [-0.05, 0) is 55.4 Å². The maximum Gasteiger partial charge on any atom is 0.207 e. The standard InChI is InChI=1S/C19H33ClN2O/c1-14(2)18(21-13-23)11-22-10-9-17(19(3,4)12-22)15-5-7-16(20)8-6-15/h7,13-15,17-18H,5-6,8-12H2,1-4H3,(H,21,23)/t15?,17?,18-/m0/s1. The monoisotopic (exact) mass is 340 g/mol. The van der Waals surface area contributed by atoms with Crippen molar-refractivity contribution in [3.8, 4) is 0 Å². The summed E-state index contributed by atoms with van der Waals surface area (Å²) in [5.41, 5.74) is 0.323. The van der Waals surface area contributed by atoms with E-state index in [1.165, 1.54) is 12.8 Å². The Morgan fingerprint density at radius 3 is 2.70 bits per heavy atom. The molecule has 0 aromatic carbocycles. The second-order valence-electron chi connectivity index (χ2n) is 8.44. The van der Waals surface area contributed by atoms with Gasteiger partial charge in [0.2, 0.25) is 6.41 Å². The lowest BCUT2D eigenvalue weighted by Crippen LogP contribution is -2.52. The van der Waals surface area contributed by atoms with Crippen LogP contribution in [-0.4, -0.2) is 37.0 Å². The van der Waals surface area contributed by atoms with E-state index in [2.05, 4.69) is 44.0 Å². The fraction of sp³-hybridized carbons (Fsp3) is 0.842. The van der Waals surface area contributed by atoms with E-state index in [9.17, 15) is 4.79 Å². The van der Waals surface area contributed by atoms with E-state index in [-0.39, 0.29) is 6.04 Å². The molecule has 0 radical (unpaired) electrons. The van der Waals surface area contributed by atoms with Crippen LogP contribution in [0.25, 0.3) is 0 Å². The van der Waals surface area contributed by atoms with Crippen LogP contribution in [0.1, 0.15) is 53.4 Å². The van der Waals surface area contributed by atoms with Gasteiger partial charge in [0.15, 0.2) is 0 Å². The van der Waals surface area contributed by atoms with Gasteiger partial charge >= 0.3 is 0 Å². The topological polar surface area (TPSA) is 32.3 Å². The first kappa shape index (κ1) is 18.8. The molecule has 1 amide bonds. The highest BCUT2D eigenvalue weighted by molar-refractivity contribution is 6.29. The summed E-state index contributed by atoms with van der Waals surface area (Å²) >= 11 is 6.15. The number of rotatable bonds is 6. The quantitative estimate of drug-likeness (QED) is 0.740. The molecule has 1 N–H and O–H groups in total. The van der Waals surface area contributed by atoms with Crippen LogP contribution >= 0.6 is 11.6 Å². The molecule has 1 aliphatic heterocycles. The van der Waals surface area contributed by atoms with E-state index < -0.39 is 0 Å². The number of nitrogens with one attached hydrogen (secondary N) is 1. The number of carbonyl (C=O) groups is 1. The molecular formula is C19H33ClN2O. The van der Waals surface area contributed by atoms with E-state index in [0.717, 1.165) is 55.8 Å². The van der Waals surface area contributed by atoms with Crippen molar-refractivity contribution < 1.29 is 4.79 Å². The first-order chi connectivity index (χ1) is 10.8. The smallest absolute Gasteiger partial charge is 0.207 e. The lowest BCUT2D eigenvalue weighted by molar-refractivity contribution is -0.110. The molecular weight excluding hydrogens is 308 g/mol. The van der Waals surface area contributed by atoms with E-state index in [0.29, 0.717) is 11.3 Å². The molecule has 2 aliphatic rings. The molecule has 0 spiro atoms. The molecule has 2 rings (SSSR count). The van der Waals surface area contributed by atoms with Gasteiger partial charge in [0.1, 0.15) is 0 Å². The lowest BCUT2D eigenvalue weighted by Gasteiger charge is -2.49. The number of carbonyl (C=O) groups excluding carboxylic acids is 1. The summed E-state index contributed by atoms with van der Waals surface area (Å²) in [5.74, 6) is 2.02. The van der Waals surface area contributed by atoms with Crippen LogP contribution < -0.4 is 5.32 Å². The Kier molecular flexibility index (Phi) is 6.56. The van der Waals surface area contributed by atoms with Crippen LogP contribution in [0, 0.1) is 23.2 Å². The summed E-state index contributed by atoms with van der Waals surface area (Å²) in [6, 6.07) is 0.247. The highest BCUT2D eigenvalue weighted by atomic mass is 35.5. The maximum atomic E-state index is 10.8. The highest BCUT2D eigenvalue weighted by Crippen LogP contribution is 2.44. The summed E-state index contributed by atoms with van der Waals surface area (Å²) in [7, 11) is 0.